The van der Waals surface area contributed by atoms with Crippen molar-refractivity contribution in [3.63, 3.8) is 0 Å². The van der Waals surface area contributed by atoms with Crippen LogP contribution in [0.25, 0.3) is 0 Å². The Morgan fingerprint density at radius 3 is 1.79 bits per heavy atom. The van der Waals surface area contributed by atoms with Gasteiger partial charge in [0.1, 0.15) is 0 Å². The molecule has 0 aromatic heterocycles. The first-order valence-electron chi connectivity index (χ1n) is 7.72. The van der Waals surface area contributed by atoms with Crippen molar-refractivity contribution in [3.8, 4) is 0 Å². The van der Waals surface area contributed by atoms with Gasteiger partial charge in [-0.05, 0) is 27.2 Å². The first-order valence-corrected chi connectivity index (χ1v) is 7.72. The van der Waals surface area contributed by atoms with Crippen LogP contribution >= 0.6 is 0 Å². The Balaban J connectivity index is 3.51. The van der Waals surface area contributed by atoms with E-state index in [4.69, 9.17) is 0 Å². The van der Waals surface area contributed by atoms with E-state index in [2.05, 4.69) is 12.2 Å². The van der Waals surface area contributed by atoms with Gasteiger partial charge < -0.3 is 5.32 Å². The van der Waals surface area contributed by atoms with Crippen molar-refractivity contribution >= 4 is 11.7 Å². The Kier molecular flexibility index (Phi) is 9.54. The third kappa shape index (κ3) is 11.9. The molecular weight excluding hydrogens is 238 g/mol. The van der Waals surface area contributed by atoms with Crippen molar-refractivity contribution in [2.24, 2.45) is 0 Å². The lowest BCUT2D eigenvalue weighted by molar-refractivity contribution is -0.138. The molecule has 3 nitrogen and oxygen atoms in total. The van der Waals surface area contributed by atoms with E-state index in [1.807, 2.05) is 20.8 Å². The molecule has 0 unspecified atom stereocenters. The molecule has 1 amide bonds. The van der Waals surface area contributed by atoms with Crippen molar-refractivity contribution in [1.82, 2.24) is 5.32 Å². The number of ketones is 1. The Morgan fingerprint density at radius 2 is 1.32 bits per heavy atom. The van der Waals surface area contributed by atoms with Crippen LogP contribution < -0.4 is 5.32 Å². The van der Waals surface area contributed by atoms with Gasteiger partial charge in [0.15, 0.2) is 0 Å². The molecule has 0 saturated carbocycles. The molecule has 0 heterocycles. The van der Waals surface area contributed by atoms with E-state index in [-0.39, 0.29) is 11.3 Å². The van der Waals surface area contributed by atoms with E-state index >= 15 is 0 Å². The fraction of sp³-hybridized carbons (Fsp3) is 0.875. The summed E-state index contributed by atoms with van der Waals surface area (Å²) in [6, 6.07) is 0. The molecule has 0 radical (unpaired) electrons. The van der Waals surface area contributed by atoms with Crippen molar-refractivity contribution < 1.29 is 9.59 Å². The first kappa shape index (κ1) is 18.1. The zero-order chi connectivity index (χ0) is 14.7. The summed E-state index contributed by atoms with van der Waals surface area (Å²) in [4.78, 5) is 23.1. The fourth-order valence-electron chi connectivity index (χ4n) is 1.94. The molecule has 112 valence electrons. The van der Waals surface area contributed by atoms with Crippen LogP contribution in [-0.4, -0.2) is 17.2 Å². The predicted molar refractivity (Wildman–Crippen MR) is 80.1 cm³/mol. The fourth-order valence-corrected chi connectivity index (χ4v) is 1.94. The number of hydrogen-bond acceptors (Lipinski definition) is 2. The Morgan fingerprint density at radius 1 is 0.842 bits per heavy atom. The maximum absolute atomic E-state index is 11.6. The van der Waals surface area contributed by atoms with E-state index in [1.165, 1.54) is 38.5 Å². The van der Waals surface area contributed by atoms with Crippen LogP contribution in [0.15, 0.2) is 0 Å². The minimum absolute atomic E-state index is 0.277. The number of nitrogens with one attached hydrogen (secondary N) is 1. The Labute approximate surface area is 118 Å². The lowest BCUT2D eigenvalue weighted by Gasteiger charge is -2.19. The van der Waals surface area contributed by atoms with Crippen LogP contribution in [0.5, 0.6) is 0 Å². The van der Waals surface area contributed by atoms with Crippen LogP contribution in [0.4, 0.5) is 0 Å². The van der Waals surface area contributed by atoms with E-state index in [0.717, 1.165) is 12.8 Å². The molecule has 0 aliphatic heterocycles. The lowest BCUT2D eigenvalue weighted by Crippen LogP contribution is -2.44. The maximum atomic E-state index is 11.6. The largest absolute Gasteiger partial charge is 0.345 e. The molecular formula is C16H31NO2. The molecule has 0 bridgehead atoms. The van der Waals surface area contributed by atoms with Gasteiger partial charge in [0.2, 0.25) is 5.78 Å². The molecule has 0 spiro atoms. The van der Waals surface area contributed by atoms with Gasteiger partial charge in [0.05, 0.1) is 0 Å². The van der Waals surface area contributed by atoms with Crippen molar-refractivity contribution in [1.29, 1.82) is 0 Å². The van der Waals surface area contributed by atoms with E-state index in [0.29, 0.717) is 6.42 Å². The van der Waals surface area contributed by atoms with E-state index < -0.39 is 5.91 Å². The molecule has 0 aliphatic rings. The molecule has 0 rings (SSSR count). The van der Waals surface area contributed by atoms with E-state index in [1.54, 1.807) is 0 Å². The molecule has 0 fully saturated rings. The second kappa shape index (κ2) is 9.99. The number of hydrogen-bond donors (Lipinski definition) is 1. The first-order chi connectivity index (χ1) is 8.87. The molecule has 19 heavy (non-hydrogen) atoms. The summed E-state index contributed by atoms with van der Waals surface area (Å²) in [5.74, 6) is -0.712. The van der Waals surface area contributed by atoms with Crippen LogP contribution in [0.3, 0.4) is 0 Å². The number of carbonyl (C=O) groups is 2. The van der Waals surface area contributed by atoms with Gasteiger partial charge in [-0.2, -0.15) is 0 Å². The molecule has 0 saturated heterocycles. The van der Waals surface area contributed by atoms with Gasteiger partial charge in [0.25, 0.3) is 5.91 Å². The lowest BCUT2D eigenvalue weighted by atomic mass is 10.0. The highest BCUT2D eigenvalue weighted by atomic mass is 16.2. The van der Waals surface area contributed by atoms with Gasteiger partial charge >= 0.3 is 0 Å². The molecule has 3 heteroatoms. The highest BCUT2D eigenvalue weighted by Gasteiger charge is 2.19. The summed E-state index contributed by atoms with van der Waals surface area (Å²) in [6.45, 7) is 7.87. The number of unbranched alkanes of at least 4 members (excludes halogenated alkanes) is 7. The van der Waals surface area contributed by atoms with Crippen LogP contribution in [-0.2, 0) is 9.59 Å². The third-order valence-corrected chi connectivity index (χ3v) is 3.00. The zero-order valence-corrected chi connectivity index (χ0v) is 13.2. The summed E-state index contributed by atoms with van der Waals surface area (Å²) in [6.07, 6.45) is 9.93. The molecule has 0 aromatic rings. The highest BCUT2D eigenvalue weighted by molar-refractivity contribution is 6.36. The smallest absolute Gasteiger partial charge is 0.287 e. The summed E-state index contributed by atoms with van der Waals surface area (Å²) < 4.78 is 0. The average Bonchev–Trinajstić information content (AvgIpc) is 2.30. The standard InChI is InChI=1S/C16H31NO2/c1-5-6-7-8-9-10-11-12-13-14(18)15(19)17-16(2,3)4/h5-13H2,1-4H3,(H,17,19). The van der Waals surface area contributed by atoms with Crippen LogP contribution in [0.2, 0.25) is 0 Å². The van der Waals surface area contributed by atoms with Gasteiger partial charge in [0, 0.05) is 12.0 Å². The van der Waals surface area contributed by atoms with Crippen molar-refractivity contribution in [2.45, 2.75) is 91.0 Å². The topological polar surface area (TPSA) is 46.2 Å². The second-order valence-corrected chi connectivity index (χ2v) is 6.35. The van der Waals surface area contributed by atoms with Crippen molar-refractivity contribution in [3.05, 3.63) is 0 Å². The summed E-state index contributed by atoms with van der Waals surface area (Å²) in [5.41, 5.74) is -0.327. The minimum atomic E-state index is -0.435. The van der Waals surface area contributed by atoms with Gasteiger partial charge in [-0.3, -0.25) is 9.59 Å². The third-order valence-electron chi connectivity index (χ3n) is 3.00. The summed E-state index contributed by atoms with van der Waals surface area (Å²) in [5, 5.41) is 2.71. The quantitative estimate of drug-likeness (QED) is 0.481. The molecule has 0 atom stereocenters. The monoisotopic (exact) mass is 269 g/mol. The normalized spacial score (nSPS) is 11.4. The van der Waals surface area contributed by atoms with E-state index in [9.17, 15) is 9.59 Å². The molecule has 0 aromatic carbocycles. The van der Waals surface area contributed by atoms with Crippen LogP contribution in [0, 0.1) is 0 Å². The molecule has 0 aliphatic carbocycles. The summed E-state index contributed by atoms with van der Waals surface area (Å²) in [7, 11) is 0. The average molecular weight is 269 g/mol. The number of rotatable bonds is 10. The number of amides is 1. The van der Waals surface area contributed by atoms with Gasteiger partial charge in [-0.15, -0.1) is 0 Å². The summed E-state index contributed by atoms with van der Waals surface area (Å²) >= 11 is 0. The Bertz CT molecular complexity index is 266. The zero-order valence-electron chi connectivity index (χ0n) is 13.2. The number of Topliss-reactive ketones (excluding diaryl/α,β-unsaturated/α-hetero) is 1. The Hall–Kier alpha value is -0.860. The predicted octanol–water partition coefficient (Wildman–Crippen LogP) is 4.00. The second-order valence-electron chi connectivity index (χ2n) is 6.35. The maximum Gasteiger partial charge on any atom is 0.287 e. The van der Waals surface area contributed by atoms with Gasteiger partial charge in [-0.25, -0.2) is 0 Å². The van der Waals surface area contributed by atoms with Crippen molar-refractivity contribution in [2.75, 3.05) is 0 Å². The van der Waals surface area contributed by atoms with Crippen LogP contribution in [0.1, 0.15) is 85.5 Å². The minimum Gasteiger partial charge on any atom is -0.345 e. The number of carbonyl (C=O) groups excluding carboxylic acids is 2. The molecule has 1 N–H and O–H groups in total. The highest BCUT2D eigenvalue weighted by Crippen LogP contribution is 2.10. The van der Waals surface area contributed by atoms with Gasteiger partial charge in [-0.1, -0.05) is 51.9 Å². The SMILES string of the molecule is CCCCCCCCCCC(=O)C(=O)NC(C)(C)C.